The van der Waals surface area contributed by atoms with Crippen LogP contribution in [-0.4, -0.2) is 52.2 Å². The summed E-state index contributed by atoms with van der Waals surface area (Å²) in [6, 6.07) is 1.76. The second-order valence-electron chi connectivity index (χ2n) is 7.53. The second kappa shape index (κ2) is 10.6. The van der Waals surface area contributed by atoms with Crippen molar-refractivity contribution in [1.29, 1.82) is 5.41 Å². The quantitative estimate of drug-likeness (QED) is 0.358. The van der Waals surface area contributed by atoms with E-state index in [1.54, 1.807) is 29.9 Å². The van der Waals surface area contributed by atoms with Crippen LogP contribution in [0.3, 0.4) is 0 Å². The first-order valence-corrected chi connectivity index (χ1v) is 11.0. The fourth-order valence-electron chi connectivity index (χ4n) is 3.34. The zero-order valence-electron chi connectivity index (χ0n) is 17.9. The number of nitrogens with two attached hydrogens (primary N) is 1. The van der Waals surface area contributed by atoms with Crippen LogP contribution in [-0.2, 0) is 17.6 Å². The molecule has 176 valence electrons. The summed E-state index contributed by atoms with van der Waals surface area (Å²) in [6.07, 6.45) is 4.30. The number of thiophene rings is 1. The van der Waals surface area contributed by atoms with Crippen molar-refractivity contribution >= 4 is 51.5 Å². The largest absolute Gasteiger partial charge is 0.397 e. The maximum Gasteiger partial charge on any atom is 0.390 e. The minimum Gasteiger partial charge on any atom is -0.397 e. The molecule has 3 aromatic rings. The number of hydrogen-bond donors (Lipinski definition) is 3. The molecule has 1 aliphatic carbocycles. The summed E-state index contributed by atoms with van der Waals surface area (Å²) in [4.78, 5) is 26.3. The molecule has 0 unspecified atom stereocenters. The fraction of sp³-hybridized carbons (Fsp3) is 0.381. The van der Waals surface area contributed by atoms with Crippen LogP contribution >= 0.6 is 11.3 Å². The molecule has 0 fully saturated rings. The first kappa shape index (κ1) is 24.4. The van der Waals surface area contributed by atoms with Crippen LogP contribution in [0.5, 0.6) is 0 Å². The molecule has 0 saturated carbocycles. The van der Waals surface area contributed by atoms with Crippen molar-refractivity contribution in [3.63, 3.8) is 0 Å². The summed E-state index contributed by atoms with van der Waals surface area (Å²) in [6.45, 7) is -0.271. The van der Waals surface area contributed by atoms with E-state index in [2.05, 4.69) is 20.3 Å². The number of pyridine rings is 1. The molecule has 0 aliphatic heterocycles. The van der Waals surface area contributed by atoms with Gasteiger partial charge in [0.05, 0.1) is 23.7 Å². The number of nitrogens with zero attached hydrogens (tertiary/aromatic N) is 4. The minimum atomic E-state index is -4.17. The van der Waals surface area contributed by atoms with Gasteiger partial charge in [-0.15, -0.1) is 11.3 Å². The standard InChI is InChI=1S/C16H16N6S.C5H8F3NO/c17-6-9-5-13(19-7-11(9)18)22-15-14-10-3-1-2-4-12(10)23-16(14)21-8-20-15;1-9(4-10)3-2-5(6,7)8/h5-8,17H,1-4,18H2,(H,19,20,21,22);4H,2-3H2,1H3. The summed E-state index contributed by atoms with van der Waals surface area (Å²) < 4.78 is 34.2. The average molecular weight is 480 g/mol. The maximum absolute atomic E-state index is 11.4. The predicted molar refractivity (Wildman–Crippen MR) is 123 cm³/mol. The number of carbonyl (C=O) groups is 1. The van der Waals surface area contributed by atoms with E-state index in [9.17, 15) is 18.0 Å². The number of halogens is 3. The number of anilines is 3. The van der Waals surface area contributed by atoms with Crippen LogP contribution in [0.25, 0.3) is 10.2 Å². The lowest BCUT2D eigenvalue weighted by atomic mass is 9.97. The third-order valence-electron chi connectivity index (χ3n) is 5.05. The molecule has 0 saturated heterocycles. The number of aromatic nitrogens is 3. The molecule has 4 rings (SSSR count). The van der Waals surface area contributed by atoms with Crippen molar-refractivity contribution in [2.75, 3.05) is 24.6 Å². The number of amides is 1. The Balaban J connectivity index is 0.000000262. The van der Waals surface area contributed by atoms with Crippen molar-refractivity contribution in [3.05, 3.63) is 34.6 Å². The van der Waals surface area contributed by atoms with Gasteiger partial charge in [-0.05, 0) is 37.3 Å². The van der Waals surface area contributed by atoms with Gasteiger partial charge in [0.15, 0.2) is 0 Å². The van der Waals surface area contributed by atoms with Crippen LogP contribution in [0.4, 0.5) is 30.5 Å². The van der Waals surface area contributed by atoms with Gasteiger partial charge in [0.2, 0.25) is 6.41 Å². The molecule has 3 aromatic heterocycles. The Morgan fingerprint density at radius 1 is 1.27 bits per heavy atom. The monoisotopic (exact) mass is 479 g/mol. The molecule has 3 heterocycles. The van der Waals surface area contributed by atoms with Crippen LogP contribution in [0.1, 0.15) is 35.3 Å². The summed E-state index contributed by atoms with van der Waals surface area (Å²) in [7, 11) is 1.30. The van der Waals surface area contributed by atoms with E-state index in [1.165, 1.54) is 36.5 Å². The van der Waals surface area contributed by atoms with Crippen molar-refractivity contribution in [2.24, 2.45) is 0 Å². The van der Waals surface area contributed by atoms with Gasteiger partial charge >= 0.3 is 6.18 Å². The molecule has 1 aliphatic rings. The van der Waals surface area contributed by atoms with Gasteiger partial charge in [-0.25, -0.2) is 15.0 Å². The highest BCUT2D eigenvalue weighted by Crippen LogP contribution is 2.38. The number of fused-ring (bicyclic) bond motifs is 3. The average Bonchev–Trinajstić information content (AvgIpc) is 3.18. The van der Waals surface area contributed by atoms with Gasteiger partial charge in [-0.3, -0.25) is 4.79 Å². The smallest absolute Gasteiger partial charge is 0.390 e. The van der Waals surface area contributed by atoms with Gasteiger partial charge in [0.25, 0.3) is 0 Å². The van der Waals surface area contributed by atoms with Gasteiger partial charge in [-0.1, -0.05) is 0 Å². The summed E-state index contributed by atoms with van der Waals surface area (Å²) in [5.74, 6) is 1.41. The number of nitrogens with one attached hydrogen (secondary N) is 2. The van der Waals surface area contributed by atoms with Crippen LogP contribution in [0, 0.1) is 5.41 Å². The Morgan fingerprint density at radius 3 is 2.73 bits per heavy atom. The van der Waals surface area contributed by atoms with Crippen molar-refractivity contribution in [2.45, 2.75) is 38.3 Å². The third-order valence-corrected chi connectivity index (χ3v) is 6.25. The zero-order chi connectivity index (χ0) is 24.0. The normalized spacial score (nSPS) is 13.0. The van der Waals surface area contributed by atoms with E-state index >= 15 is 0 Å². The second-order valence-corrected chi connectivity index (χ2v) is 8.62. The number of aryl methyl sites for hydroxylation is 2. The lowest BCUT2D eigenvalue weighted by molar-refractivity contribution is -0.139. The number of rotatable bonds is 6. The highest BCUT2D eigenvalue weighted by atomic mass is 32.1. The highest BCUT2D eigenvalue weighted by Gasteiger charge is 2.26. The Labute approximate surface area is 192 Å². The molecule has 4 N–H and O–H groups in total. The molecule has 0 aromatic carbocycles. The van der Waals surface area contributed by atoms with Gasteiger partial charge in [0.1, 0.15) is 22.8 Å². The van der Waals surface area contributed by atoms with Crippen LogP contribution in [0.15, 0.2) is 18.6 Å². The van der Waals surface area contributed by atoms with Gasteiger partial charge in [0, 0.05) is 30.2 Å². The maximum atomic E-state index is 11.4. The molecule has 0 bridgehead atoms. The molecular weight excluding hydrogens is 455 g/mol. The number of hydrogen-bond acceptors (Lipinski definition) is 8. The molecular formula is C21H24F3N7OS. The molecule has 0 spiro atoms. The third kappa shape index (κ3) is 6.37. The van der Waals surface area contributed by atoms with E-state index in [-0.39, 0.29) is 6.54 Å². The lowest BCUT2D eigenvalue weighted by Crippen LogP contribution is -2.22. The number of nitrogen functional groups attached to an aromatic ring is 1. The Hall–Kier alpha value is -3.28. The zero-order valence-corrected chi connectivity index (χ0v) is 18.8. The first-order chi connectivity index (χ1) is 15.7. The number of alkyl halides is 3. The van der Waals surface area contributed by atoms with Crippen LogP contribution < -0.4 is 11.1 Å². The lowest BCUT2D eigenvalue weighted by Gasteiger charge is -2.12. The first-order valence-electron chi connectivity index (χ1n) is 10.2. The van der Waals surface area contributed by atoms with E-state index in [1.807, 2.05) is 0 Å². The molecule has 12 heteroatoms. The SMILES string of the molecule is CN(C=O)CCC(F)(F)F.N=Cc1cc(Nc2ncnc3sc4c(c23)CCCC4)ncc1N. The summed E-state index contributed by atoms with van der Waals surface area (Å²) in [5, 5.41) is 11.8. The fourth-order valence-corrected chi connectivity index (χ4v) is 4.57. The molecule has 0 radical (unpaired) electrons. The van der Waals surface area contributed by atoms with Crippen molar-refractivity contribution in [1.82, 2.24) is 19.9 Å². The van der Waals surface area contributed by atoms with E-state index in [0.29, 0.717) is 23.5 Å². The van der Waals surface area contributed by atoms with Crippen molar-refractivity contribution in [3.8, 4) is 0 Å². The number of carbonyl (C=O) groups excluding carboxylic acids is 1. The molecule has 8 nitrogen and oxygen atoms in total. The Kier molecular flexibility index (Phi) is 7.79. The summed E-state index contributed by atoms with van der Waals surface area (Å²) in [5.41, 5.74) is 8.30. The van der Waals surface area contributed by atoms with E-state index < -0.39 is 12.6 Å². The Bertz CT molecular complexity index is 1130. The topological polar surface area (TPSA) is 121 Å². The molecule has 33 heavy (non-hydrogen) atoms. The predicted octanol–water partition coefficient (Wildman–Crippen LogP) is 4.32. The minimum absolute atomic E-state index is 0.271. The Morgan fingerprint density at radius 2 is 2.03 bits per heavy atom. The van der Waals surface area contributed by atoms with Crippen LogP contribution in [0.2, 0.25) is 0 Å². The molecule has 0 atom stereocenters. The van der Waals surface area contributed by atoms with E-state index in [4.69, 9.17) is 11.1 Å². The van der Waals surface area contributed by atoms with Crippen molar-refractivity contribution < 1.29 is 18.0 Å². The van der Waals surface area contributed by atoms with E-state index in [0.717, 1.165) is 33.8 Å². The highest BCUT2D eigenvalue weighted by molar-refractivity contribution is 7.19. The summed E-state index contributed by atoms with van der Waals surface area (Å²) >= 11 is 1.77. The van der Waals surface area contributed by atoms with Gasteiger partial charge in [-0.2, -0.15) is 13.2 Å². The van der Waals surface area contributed by atoms with Gasteiger partial charge < -0.3 is 21.4 Å². The molecule has 1 amide bonds.